The number of hydrogen-bond donors (Lipinski definition) is 2. The fourth-order valence-corrected chi connectivity index (χ4v) is 3.83. The highest BCUT2D eigenvalue weighted by molar-refractivity contribution is 5.97. The van der Waals surface area contributed by atoms with Crippen molar-refractivity contribution in [2.24, 2.45) is 0 Å². The van der Waals surface area contributed by atoms with Gasteiger partial charge in [-0.15, -0.1) is 0 Å². The van der Waals surface area contributed by atoms with Gasteiger partial charge in [0.2, 0.25) is 11.8 Å². The highest BCUT2D eigenvalue weighted by atomic mass is 16.3. The number of aromatic nitrogens is 2. The van der Waals surface area contributed by atoms with Crippen LogP contribution in [-0.2, 0) is 16.1 Å². The molecule has 0 aliphatic carbocycles. The largest absolute Gasteiger partial charge is 0.391 e. The van der Waals surface area contributed by atoms with E-state index in [2.05, 4.69) is 27.4 Å². The fourth-order valence-electron chi connectivity index (χ4n) is 3.83. The van der Waals surface area contributed by atoms with Crippen molar-refractivity contribution in [3.63, 3.8) is 0 Å². The third kappa shape index (κ3) is 3.53. The Morgan fingerprint density at radius 3 is 2.71 bits per heavy atom. The smallest absolute Gasteiger partial charge is 0.248 e. The van der Waals surface area contributed by atoms with Gasteiger partial charge in [0.25, 0.3) is 0 Å². The van der Waals surface area contributed by atoms with Gasteiger partial charge in [0.1, 0.15) is 12.1 Å². The summed E-state index contributed by atoms with van der Waals surface area (Å²) in [5.41, 5.74) is 3.26. The van der Waals surface area contributed by atoms with E-state index in [4.69, 9.17) is 0 Å². The average Bonchev–Trinajstić information content (AvgIpc) is 3.13. The summed E-state index contributed by atoms with van der Waals surface area (Å²) in [6, 6.07) is 6.80. The summed E-state index contributed by atoms with van der Waals surface area (Å²) in [5, 5.41) is 16.8. The first-order chi connectivity index (χ1) is 13.4. The predicted octanol–water partition coefficient (Wildman–Crippen LogP) is 0.0727. The van der Waals surface area contributed by atoms with Crippen molar-refractivity contribution in [1.82, 2.24) is 24.9 Å². The van der Waals surface area contributed by atoms with Gasteiger partial charge in [-0.05, 0) is 26.0 Å². The summed E-state index contributed by atoms with van der Waals surface area (Å²) < 4.78 is 1.84. The number of fused-ring (bicyclic) bond motifs is 1. The molecule has 28 heavy (non-hydrogen) atoms. The van der Waals surface area contributed by atoms with E-state index in [0.717, 1.165) is 11.3 Å². The summed E-state index contributed by atoms with van der Waals surface area (Å²) in [6.45, 7) is 5.86. The summed E-state index contributed by atoms with van der Waals surface area (Å²) in [5.74, 6) is -0.406. The summed E-state index contributed by atoms with van der Waals surface area (Å²) in [7, 11) is 0. The SMILES string of the molecule is Cc1ccc(-n2cc(CN3CCN4C(=O)[C@H]([C@@H](C)O)NC(=O)[C@H]4C3)cn2)cc1. The monoisotopic (exact) mass is 383 g/mol. The van der Waals surface area contributed by atoms with E-state index in [1.807, 2.05) is 36.1 Å². The van der Waals surface area contributed by atoms with Crippen LogP contribution in [0.25, 0.3) is 5.69 Å². The lowest BCUT2D eigenvalue weighted by Gasteiger charge is -2.45. The zero-order chi connectivity index (χ0) is 19.8. The Kier molecular flexibility index (Phi) is 4.91. The minimum Gasteiger partial charge on any atom is -0.391 e. The van der Waals surface area contributed by atoms with Crippen LogP contribution in [0, 0.1) is 6.92 Å². The van der Waals surface area contributed by atoms with Gasteiger partial charge in [0.05, 0.1) is 18.0 Å². The van der Waals surface area contributed by atoms with E-state index in [0.29, 0.717) is 26.2 Å². The van der Waals surface area contributed by atoms with Gasteiger partial charge < -0.3 is 15.3 Å². The molecule has 0 unspecified atom stereocenters. The second-order valence-corrected chi connectivity index (χ2v) is 7.64. The number of rotatable bonds is 4. The van der Waals surface area contributed by atoms with Crippen molar-refractivity contribution in [2.45, 2.75) is 38.6 Å². The van der Waals surface area contributed by atoms with E-state index in [1.165, 1.54) is 12.5 Å². The maximum absolute atomic E-state index is 12.5. The highest BCUT2D eigenvalue weighted by Crippen LogP contribution is 2.19. The quantitative estimate of drug-likeness (QED) is 0.780. The van der Waals surface area contributed by atoms with Crippen molar-refractivity contribution in [3.8, 4) is 5.69 Å². The van der Waals surface area contributed by atoms with Crippen LogP contribution in [0.15, 0.2) is 36.7 Å². The van der Waals surface area contributed by atoms with Gasteiger partial charge in [-0.1, -0.05) is 17.7 Å². The number of benzene rings is 1. The lowest BCUT2D eigenvalue weighted by molar-refractivity contribution is -0.156. The van der Waals surface area contributed by atoms with Crippen molar-refractivity contribution in [2.75, 3.05) is 19.6 Å². The molecule has 1 aromatic heterocycles. The number of aliphatic hydroxyl groups is 1. The van der Waals surface area contributed by atoms with Crippen LogP contribution in [-0.4, -0.2) is 74.3 Å². The number of hydrogen-bond acceptors (Lipinski definition) is 5. The third-order valence-corrected chi connectivity index (χ3v) is 5.44. The molecular weight excluding hydrogens is 358 g/mol. The van der Waals surface area contributed by atoms with Gasteiger partial charge in [0, 0.05) is 37.9 Å². The molecule has 1 aromatic carbocycles. The Bertz CT molecular complexity index is 876. The number of nitrogens with one attached hydrogen (secondary N) is 1. The maximum Gasteiger partial charge on any atom is 0.248 e. The molecule has 0 radical (unpaired) electrons. The first-order valence-electron chi connectivity index (χ1n) is 9.54. The normalized spacial score (nSPS) is 24.0. The first kappa shape index (κ1) is 18.6. The minimum atomic E-state index is -0.900. The molecule has 0 bridgehead atoms. The second kappa shape index (κ2) is 7.37. The fraction of sp³-hybridized carbons (Fsp3) is 0.450. The molecule has 148 valence electrons. The van der Waals surface area contributed by atoms with Crippen molar-refractivity contribution < 1.29 is 14.7 Å². The zero-order valence-electron chi connectivity index (χ0n) is 16.1. The molecule has 2 fully saturated rings. The second-order valence-electron chi connectivity index (χ2n) is 7.64. The van der Waals surface area contributed by atoms with E-state index >= 15 is 0 Å². The molecule has 0 saturated carbocycles. The predicted molar refractivity (Wildman–Crippen MR) is 103 cm³/mol. The first-order valence-corrected chi connectivity index (χ1v) is 9.54. The highest BCUT2D eigenvalue weighted by Gasteiger charge is 2.44. The summed E-state index contributed by atoms with van der Waals surface area (Å²) in [6.07, 6.45) is 2.93. The topological polar surface area (TPSA) is 90.7 Å². The van der Waals surface area contributed by atoms with E-state index in [1.54, 1.807) is 4.90 Å². The Morgan fingerprint density at radius 2 is 2.00 bits per heavy atom. The van der Waals surface area contributed by atoms with Crippen molar-refractivity contribution >= 4 is 11.8 Å². The van der Waals surface area contributed by atoms with E-state index in [-0.39, 0.29) is 11.8 Å². The molecule has 4 rings (SSSR count). The third-order valence-electron chi connectivity index (χ3n) is 5.44. The zero-order valence-corrected chi connectivity index (χ0v) is 16.1. The Hall–Kier alpha value is -2.71. The van der Waals surface area contributed by atoms with Gasteiger partial charge >= 0.3 is 0 Å². The van der Waals surface area contributed by atoms with E-state index in [9.17, 15) is 14.7 Å². The lowest BCUT2D eigenvalue weighted by atomic mass is 10.0. The minimum absolute atomic E-state index is 0.202. The number of aliphatic hydroxyl groups excluding tert-OH is 1. The van der Waals surface area contributed by atoms with Gasteiger partial charge in [-0.3, -0.25) is 14.5 Å². The molecule has 2 aliphatic heterocycles. The Labute approximate surface area is 163 Å². The Balaban J connectivity index is 1.42. The molecule has 3 heterocycles. The molecule has 8 heteroatoms. The number of carbonyl (C=O) groups is 2. The van der Waals surface area contributed by atoms with Crippen LogP contribution in [0.2, 0.25) is 0 Å². The van der Waals surface area contributed by atoms with Crippen LogP contribution in [0.1, 0.15) is 18.1 Å². The van der Waals surface area contributed by atoms with Gasteiger partial charge in [-0.25, -0.2) is 4.68 Å². The molecule has 3 atom stereocenters. The maximum atomic E-state index is 12.5. The molecular formula is C20H25N5O3. The van der Waals surface area contributed by atoms with Crippen LogP contribution in [0.3, 0.4) is 0 Å². The van der Waals surface area contributed by atoms with Crippen LogP contribution in [0.4, 0.5) is 0 Å². The molecule has 8 nitrogen and oxygen atoms in total. The number of nitrogens with zero attached hydrogens (tertiary/aromatic N) is 4. The van der Waals surface area contributed by atoms with Gasteiger partial charge in [0.15, 0.2) is 0 Å². The standard InChI is InChI=1S/C20H25N5O3/c1-13-3-5-16(6-4-13)25-11-15(9-21-25)10-23-7-8-24-17(12-23)19(27)22-18(14(2)26)20(24)28/h3-6,9,11,14,17-18,26H,7-8,10,12H2,1-2H3,(H,22,27)/t14-,17-,18+/m1/s1. The molecule has 2 N–H and O–H groups in total. The van der Waals surface area contributed by atoms with Crippen molar-refractivity contribution in [1.29, 1.82) is 0 Å². The molecule has 2 saturated heterocycles. The summed E-state index contributed by atoms with van der Waals surface area (Å²) >= 11 is 0. The van der Waals surface area contributed by atoms with E-state index < -0.39 is 18.2 Å². The lowest BCUT2D eigenvalue weighted by Crippen LogP contribution is -2.70. The number of amides is 2. The Morgan fingerprint density at radius 1 is 1.25 bits per heavy atom. The number of piperazine rings is 2. The van der Waals surface area contributed by atoms with Gasteiger partial charge in [-0.2, -0.15) is 5.10 Å². The van der Waals surface area contributed by atoms with Crippen molar-refractivity contribution in [3.05, 3.63) is 47.8 Å². The average molecular weight is 383 g/mol. The summed E-state index contributed by atoms with van der Waals surface area (Å²) in [4.78, 5) is 28.7. The van der Waals surface area contributed by atoms with Crippen LogP contribution in [0.5, 0.6) is 0 Å². The number of carbonyl (C=O) groups excluding carboxylic acids is 2. The number of aryl methyl sites for hydroxylation is 1. The molecule has 2 aliphatic rings. The van der Waals surface area contributed by atoms with Crippen LogP contribution >= 0.6 is 0 Å². The van der Waals surface area contributed by atoms with Crippen LogP contribution < -0.4 is 5.32 Å². The molecule has 2 amide bonds. The molecule has 0 spiro atoms. The molecule has 2 aromatic rings.